The van der Waals surface area contributed by atoms with E-state index < -0.39 is 0 Å². The van der Waals surface area contributed by atoms with Gasteiger partial charge >= 0.3 is 0 Å². The predicted octanol–water partition coefficient (Wildman–Crippen LogP) is 5.70. The van der Waals surface area contributed by atoms with Crippen LogP contribution in [0, 0.1) is 20.8 Å². The highest BCUT2D eigenvalue weighted by molar-refractivity contribution is 7.99. The topological polar surface area (TPSA) is 50.6 Å². The second-order valence-electron chi connectivity index (χ2n) is 6.75. The maximum Gasteiger partial charge on any atom is 0.223 e. The molecule has 0 N–H and O–H groups in total. The molecular formula is C21H30N4OS. The molecule has 0 aliphatic heterocycles. The van der Waals surface area contributed by atoms with E-state index >= 15 is 0 Å². The van der Waals surface area contributed by atoms with Crippen molar-refractivity contribution in [1.29, 1.82) is 0 Å². The van der Waals surface area contributed by atoms with Crippen molar-refractivity contribution in [3.63, 3.8) is 0 Å². The van der Waals surface area contributed by atoms with Gasteiger partial charge in [-0.1, -0.05) is 13.8 Å². The number of benzene rings is 1. The molecular weight excluding hydrogens is 356 g/mol. The van der Waals surface area contributed by atoms with Crippen LogP contribution in [0.4, 0.5) is 5.69 Å². The summed E-state index contributed by atoms with van der Waals surface area (Å²) in [5, 5.41) is 1.46. The number of aromatic nitrogens is 2. The first-order valence-electron chi connectivity index (χ1n) is 9.38. The molecule has 0 radical (unpaired) electrons. The minimum absolute atomic E-state index is 0.509. The zero-order valence-corrected chi connectivity index (χ0v) is 18.2. The molecule has 0 spiro atoms. The molecule has 0 bridgehead atoms. The van der Waals surface area contributed by atoms with Gasteiger partial charge in [0.05, 0.1) is 12.0 Å². The monoisotopic (exact) mass is 386 g/mol. The summed E-state index contributed by atoms with van der Waals surface area (Å²) < 4.78 is 6.10. The Morgan fingerprint density at radius 1 is 1.15 bits per heavy atom. The van der Waals surface area contributed by atoms with Gasteiger partial charge < -0.3 is 9.64 Å². The molecule has 1 aromatic carbocycles. The third-order valence-electron chi connectivity index (χ3n) is 4.29. The Morgan fingerprint density at radius 3 is 2.56 bits per heavy atom. The Labute approximate surface area is 167 Å². The molecule has 1 heterocycles. The molecule has 0 fully saturated rings. The van der Waals surface area contributed by atoms with E-state index in [1.165, 1.54) is 0 Å². The van der Waals surface area contributed by atoms with Crippen LogP contribution >= 0.6 is 11.8 Å². The molecule has 1 atom stereocenters. The van der Waals surface area contributed by atoms with Crippen LogP contribution in [0.3, 0.4) is 0 Å². The van der Waals surface area contributed by atoms with Gasteiger partial charge in [0.25, 0.3) is 0 Å². The third kappa shape index (κ3) is 6.24. The normalized spacial score (nSPS) is 12.4. The fourth-order valence-electron chi connectivity index (χ4n) is 2.29. The number of aliphatic imine (C=N–C) groups is 1. The summed E-state index contributed by atoms with van der Waals surface area (Å²) >= 11 is 1.75. The highest BCUT2D eigenvalue weighted by Gasteiger charge is 2.11. The molecule has 2 aromatic rings. The molecule has 0 amide bonds. The summed E-state index contributed by atoms with van der Waals surface area (Å²) in [6.07, 6.45) is 2.95. The quantitative estimate of drug-likeness (QED) is 0.252. The number of nitrogens with zero attached hydrogens (tertiary/aromatic N) is 4. The lowest BCUT2D eigenvalue weighted by Crippen LogP contribution is -2.14. The lowest BCUT2D eigenvalue weighted by atomic mass is 10.1. The van der Waals surface area contributed by atoms with Crippen LogP contribution in [0.15, 0.2) is 28.2 Å². The van der Waals surface area contributed by atoms with Gasteiger partial charge in [0.1, 0.15) is 16.6 Å². The molecule has 1 aromatic heterocycles. The van der Waals surface area contributed by atoms with Crippen LogP contribution in [0.5, 0.6) is 11.6 Å². The third-order valence-corrected chi connectivity index (χ3v) is 5.47. The molecule has 0 aliphatic carbocycles. The summed E-state index contributed by atoms with van der Waals surface area (Å²) in [5.74, 6) is 2.10. The Balaban J connectivity index is 2.25. The number of hydrogen-bond donors (Lipinski definition) is 0. The van der Waals surface area contributed by atoms with E-state index in [4.69, 9.17) is 4.74 Å². The van der Waals surface area contributed by atoms with Gasteiger partial charge in [0.15, 0.2) is 0 Å². The van der Waals surface area contributed by atoms with Gasteiger partial charge in [-0.15, -0.1) is 11.8 Å². The second kappa shape index (κ2) is 9.74. The van der Waals surface area contributed by atoms with Crippen LogP contribution in [-0.2, 0) is 0 Å². The first-order valence-corrected chi connectivity index (χ1v) is 10.3. The van der Waals surface area contributed by atoms with Crippen molar-refractivity contribution in [2.75, 3.05) is 13.6 Å². The van der Waals surface area contributed by atoms with Gasteiger partial charge in [-0.2, -0.15) is 4.98 Å². The summed E-state index contributed by atoms with van der Waals surface area (Å²) in [6, 6.07) is 5.99. The lowest BCUT2D eigenvalue weighted by molar-refractivity contribution is 0.453. The molecule has 146 valence electrons. The van der Waals surface area contributed by atoms with Crippen molar-refractivity contribution in [3.05, 3.63) is 35.2 Å². The van der Waals surface area contributed by atoms with E-state index in [2.05, 4.69) is 35.7 Å². The predicted molar refractivity (Wildman–Crippen MR) is 115 cm³/mol. The van der Waals surface area contributed by atoms with Crippen LogP contribution in [-0.4, -0.2) is 40.0 Å². The molecule has 27 heavy (non-hydrogen) atoms. The maximum atomic E-state index is 6.10. The SMILES string of the molecule is CCC(C)Sc1cc(Oc2cc(C)c(/N=C/N(C)CC)cc2C)nc(C)n1. The first-order chi connectivity index (χ1) is 12.8. The second-order valence-corrected chi connectivity index (χ2v) is 8.21. The number of thioether (sulfide) groups is 1. The molecule has 0 saturated carbocycles. The molecule has 0 aliphatic rings. The average molecular weight is 387 g/mol. The molecule has 0 saturated heterocycles. The standard InChI is InChI=1S/C21H30N4OS/c1-8-16(5)27-21-12-20(23-17(6)24-21)26-19-11-14(3)18(10-15(19)4)22-13-25(7)9-2/h10-13,16H,8-9H2,1-7H3/b22-13+. The Kier molecular flexibility index (Phi) is 7.66. The number of rotatable bonds is 8. The molecule has 5 nitrogen and oxygen atoms in total. The highest BCUT2D eigenvalue weighted by atomic mass is 32.2. The number of ether oxygens (including phenoxy) is 1. The molecule has 6 heteroatoms. The fraction of sp³-hybridized carbons (Fsp3) is 0.476. The lowest BCUT2D eigenvalue weighted by Gasteiger charge is -2.13. The summed E-state index contributed by atoms with van der Waals surface area (Å²) in [4.78, 5) is 15.6. The summed E-state index contributed by atoms with van der Waals surface area (Å²) in [5.41, 5.74) is 3.04. The number of aryl methyl sites for hydroxylation is 3. The maximum absolute atomic E-state index is 6.10. The Morgan fingerprint density at radius 2 is 1.89 bits per heavy atom. The van der Waals surface area contributed by atoms with Gasteiger partial charge in [0.2, 0.25) is 5.88 Å². The minimum atomic E-state index is 0.509. The zero-order valence-electron chi connectivity index (χ0n) is 17.4. The summed E-state index contributed by atoms with van der Waals surface area (Å²) in [7, 11) is 2.01. The van der Waals surface area contributed by atoms with E-state index in [1.54, 1.807) is 11.8 Å². The van der Waals surface area contributed by atoms with Crippen molar-refractivity contribution < 1.29 is 4.74 Å². The summed E-state index contributed by atoms with van der Waals surface area (Å²) in [6.45, 7) is 13.4. The van der Waals surface area contributed by atoms with E-state index in [-0.39, 0.29) is 0 Å². The van der Waals surface area contributed by atoms with Gasteiger partial charge in [-0.3, -0.25) is 0 Å². The zero-order chi connectivity index (χ0) is 20.0. The van der Waals surface area contributed by atoms with Crippen LogP contribution in [0.1, 0.15) is 44.1 Å². The molecule has 1 unspecified atom stereocenters. The number of hydrogen-bond acceptors (Lipinski definition) is 5. The fourth-order valence-corrected chi connectivity index (χ4v) is 3.23. The van der Waals surface area contributed by atoms with E-state index in [9.17, 15) is 0 Å². The minimum Gasteiger partial charge on any atom is -0.439 e. The van der Waals surface area contributed by atoms with Crippen LogP contribution in [0.2, 0.25) is 0 Å². The smallest absolute Gasteiger partial charge is 0.223 e. The van der Waals surface area contributed by atoms with Crippen LogP contribution < -0.4 is 4.74 Å². The Hall–Kier alpha value is -2.08. The van der Waals surface area contributed by atoms with Crippen molar-refractivity contribution in [2.24, 2.45) is 4.99 Å². The van der Waals surface area contributed by atoms with E-state index in [1.807, 2.05) is 57.3 Å². The van der Waals surface area contributed by atoms with Crippen molar-refractivity contribution >= 4 is 23.8 Å². The van der Waals surface area contributed by atoms with Crippen molar-refractivity contribution in [1.82, 2.24) is 14.9 Å². The Bertz CT molecular complexity index is 807. The van der Waals surface area contributed by atoms with Gasteiger partial charge in [0, 0.05) is 24.9 Å². The van der Waals surface area contributed by atoms with E-state index in [0.717, 1.165) is 46.4 Å². The average Bonchev–Trinajstić information content (AvgIpc) is 2.62. The van der Waals surface area contributed by atoms with Gasteiger partial charge in [-0.25, -0.2) is 9.98 Å². The van der Waals surface area contributed by atoms with Crippen LogP contribution in [0.25, 0.3) is 0 Å². The van der Waals surface area contributed by atoms with E-state index in [0.29, 0.717) is 11.1 Å². The first kappa shape index (κ1) is 21.2. The largest absolute Gasteiger partial charge is 0.439 e. The highest BCUT2D eigenvalue weighted by Crippen LogP contribution is 2.32. The van der Waals surface area contributed by atoms with Crippen molar-refractivity contribution in [3.8, 4) is 11.6 Å². The van der Waals surface area contributed by atoms with Gasteiger partial charge in [-0.05, 0) is 57.4 Å². The molecule has 2 rings (SSSR count). The van der Waals surface area contributed by atoms with Crippen molar-refractivity contribution in [2.45, 2.75) is 58.2 Å².